The SMILES string of the molecule is CCN(CC)c1ccc(/C=N/NC(=O)CSc2nnc(-c3ccc(C)cc3)n2-c2ccc(Cl)cc2)c(O)c1. The van der Waals surface area contributed by atoms with Crippen LogP contribution in [-0.2, 0) is 4.79 Å². The molecule has 0 aliphatic rings. The Morgan fingerprint density at radius 1 is 1.08 bits per heavy atom. The number of benzene rings is 3. The number of rotatable bonds is 10. The number of carbonyl (C=O) groups is 1. The van der Waals surface area contributed by atoms with Gasteiger partial charge in [-0.1, -0.05) is 53.2 Å². The van der Waals surface area contributed by atoms with Crippen LogP contribution in [0.3, 0.4) is 0 Å². The van der Waals surface area contributed by atoms with Crippen LogP contribution in [0.2, 0.25) is 5.02 Å². The number of aromatic nitrogens is 3. The standard InChI is InChI=1S/C28H29ClN6O2S/c1-4-34(5-2)24-13-10-21(25(36)16-24)17-30-31-26(37)18-38-28-33-32-27(20-8-6-19(3)7-9-20)35(28)23-14-11-22(29)12-15-23/h6-17,36H,4-5,18H2,1-3H3,(H,31,37)/b30-17+. The van der Waals surface area contributed by atoms with Gasteiger partial charge < -0.3 is 10.0 Å². The number of hydrazone groups is 1. The van der Waals surface area contributed by atoms with Crippen molar-refractivity contribution in [3.05, 3.63) is 82.9 Å². The molecule has 4 aromatic rings. The highest BCUT2D eigenvalue weighted by Gasteiger charge is 2.17. The van der Waals surface area contributed by atoms with Crippen molar-refractivity contribution in [2.45, 2.75) is 25.9 Å². The molecule has 196 valence electrons. The molecule has 8 nitrogen and oxygen atoms in total. The highest BCUT2D eigenvalue weighted by Crippen LogP contribution is 2.29. The Balaban J connectivity index is 1.46. The fourth-order valence-electron chi connectivity index (χ4n) is 3.84. The molecule has 0 aliphatic heterocycles. The number of amides is 1. The van der Waals surface area contributed by atoms with E-state index in [0.29, 0.717) is 21.6 Å². The normalized spacial score (nSPS) is 11.2. The van der Waals surface area contributed by atoms with Crippen LogP contribution in [0.1, 0.15) is 25.0 Å². The van der Waals surface area contributed by atoms with E-state index in [1.165, 1.54) is 18.0 Å². The summed E-state index contributed by atoms with van der Waals surface area (Å²) in [5, 5.41) is 24.3. The molecule has 1 aromatic heterocycles. The van der Waals surface area contributed by atoms with Gasteiger partial charge in [0, 0.05) is 46.7 Å². The molecule has 4 rings (SSSR count). The number of phenols is 1. The van der Waals surface area contributed by atoms with Gasteiger partial charge >= 0.3 is 0 Å². The fourth-order valence-corrected chi connectivity index (χ4v) is 4.71. The van der Waals surface area contributed by atoms with Gasteiger partial charge in [0.15, 0.2) is 11.0 Å². The Labute approximate surface area is 231 Å². The lowest BCUT2D eigenvalue weighted by atomic mass is 10.1. The zero-order valence-corrected chi connectivity index (χ0v) is 23.0. The highest BCUT2D eigenvalue weighted by molar-refractivity contribution is 7.99. The van der Waals surface area contributed by atoms with E-state index in [0.717, 1.165) is 35.6 Å². The summed E-state index contributed by atoms with van der Waals surface area (Å²) < 4.78 is 1.90. The zero-order valence-electron chi connectivity index (χ0n) is 21.4. The number of phenolic OH excluding ortho intramolecular Hbond substituents is 1. The molecule has 0 unspecified atom stereocenters. The molecule has 1 amide bonds. The van der Waals surface area contributed by atoms with Crippen molar-refractivity contribution in [3.8, 4) is 22.8 Å². The molecule has 1 heterocycles. The number of halogens is 1. The minimum Gasteiger partial charge on any atom is -0.507 e. The van der Waals surface area contributed by atoms with E-state index < -0.39 is 0 Å². The van der Waals surface area contributed by atoms with Crippen LogP contribution < -0.4 is 10.3 Å². The molecule has 0 atom stereocenters. The summed E-state index contributed by atoms with van der Waals surface area (Å²) in [6.45, 7) is 7.83. The minimum absolute atomic E-state index is 0.0733. The third kappa shape index (κ3) is 6.54. The Kier molecular flexibility index (Phi) is 9.04. The van der Waals surface area contributed by atoms with Crippen molar-refractivity contribution in [2.24, 2.45) is 5.10 Å². The zero-order chi connectivity index (χ0) is 27.1. The van der Waals surface area contributed by atoms with Crippen molar-refractivity contribution >= 4 is 41.2 Å². The van der Waals surface area contributed by atoms with E-state index >= 15 is 0 Å². The maximum Gasteiger partial charge on any atom is 0.250 e. The molecule has 0 aliphatic carbocycles. The van der Waals surface area contributed by atoms with Crippen molar-refractivity contribution in [3.63, 3.8) is 0 Å². The molecule has 0 fully saturated rings. The second-order valence-corrected chi connectivity index (χ2v) is 9.86. The number of nitrogens with zero attached hydrogens (tertiary/aromatic N) is 5. The lowest BCUT2D eigenvalue weighted by Gasteiger charge is -2.21. The third-order valence-corrected chi connectivity index (χ3v) is 7.08. The van der Waals surface area contributed by atoms with Crippen molar-refractivity contribution < 1.29 is 9.90 Å². The molecule has 2 N–H and O–H groups in total. The van der Waals surface area contributed by atoms with Crippen LogP contribution in [0.5, 0.6) is 5.75 Å². The Bertz CT molecular complexity index is 1420. The number of anilines is 1. The highest BCUT2D eigenvalue weighted by atomic mass is 35.5. The van der Waals surface area contributed by atoms with Gasteiger partial charge in [-0.2, -0.15) is 5.10 Å². The van der Waals surface area contributed by atoms with Crippen LogP contribution >= 0.6 is 23.4 Å². The first-order valence-corrected chi connectivity index (χ1v) is 13.6. The first-order chi connectivity index (χ1) is 18.4. The number of thioether (sulfide) groups is 1. The van der Waals surface area contributed by atoms with E-state index in [4.69, 9.17) is 11.6 Å². The fraction of sp³-hybridized carbons (Fsp3) is 0.214. The second-order valence-electron chi connectivity index (χ2n) is 8.48. The Morgan fingerprint density at radius 3 is 2.45 bits per heavy atom. The number of aryl methyl sites for hydroxylation is 1. The summed E-state index contributed by atoms with van der Waals surface area (Å²) >= 11 is 7.35. The number of hydrogen-bond acceptors (Lipinski definition) is 7. The summed E-state index contributed by atoms with van der Waals surface area (Å²) in [5.74, 6) is 0.524. The van der Waals surface area contributed by atoms with Crippen LogP contribution in [0.25, 0.3) is 17.1 Å². The molecule has 3 aromatic carbocycles. The first kappa shape index (κ1) is 27.2. The minimum atomic E-state index is -0.312. The first-order valence-electron chi connectivity index (χ1n) is 12.2. The van der Waals surface area contributed by atoms with Crippen LogP contribution in [0.15, 0.2) is 77.0 Å². The summed E-state index contributed by atoms with van der Waals surface area (Å²) in [6.07, 6.45) is 1.43. The Hall–Kier alpha value is -3.82. The average molecular weight is 549 g/mol. The van der Waals surface area contributed by atoms with E-state index in [1.54, 1.807) is 24.3 Å². The maximum absolute atomic E-state index is 12.5. The van der Waals surface area contributed by atoms with Crippen molar-refractivity contribution in [1.82, 2.24) is 20.2 Å². The lowest BCUT2D eigenvalue weighted by molar-refractivity contribution is -0.118. The van der Waals surface area contributed by atoms with Gasteiger partial charge in [-0.25, -0.2) is 5.43 Å². The topological polar surface area (TPSA) is 95.6 Å². The predicted octanol–water partition coefficient (Wildman–Crippen LogP) is 5.69. The van der Waals surface area contributed by atoms with Gasteiger partial charge in [0.25, 0.3) is 5.91 Å². The molecule has 38 heavy (non-hydrogen) atoms. The van der Waals surface area contributed by atoms with E-state index in [1.807, 2.05) is 54.0 Å². The second kappa shape index (κ2) is 12.6. The van der Waals surface area contributed by atoms with E-state index in [9.17, 15) is 9.90 Å². The van der Waals surface area contributed by atoms with Crippen LogP contribution in [0, 0.1) is 6.92 Å². The van der Waals surface area contributed by atoms with Crippen molar-refractivity contribution in [2.75, 3.05) is 23.7 Å². The molecular weight excluding hydrogens is 520 g/mol. The largest absolute Gasteiger partial charge is 0.507 e. The van der Waals surface area contributed by atoms with E-state index in [2.05, 4.69) is 39.5 Å². The molecule has 10 heteroatoms. The van der Waals surface area contributed by atoms with Crippen LogP contribution in [-0.4, -0.2) is 50.8 Å². The molecule has 0 bridgehead atoms. The quantitative estimate of drug-likeness (QED) is 0.150. The number of carbonyl (C=O) groups excluding carboxylic acids is 1. The van der Waals surface area contributed by atoms with Gasteiger partial charge in [-0.3, -0.25) is 9.36 Å². The summed E-state index contributed by atoms with van der Waals surface area (Å²) in [5.41, 5.74) is 6.84. The molecule has 0 spiro atoms. The monoisotopic (exact) mass is 548 g/mol. The van der Waals surface area contributed by atoms with Gasteiger partial charge in [0.1, 0.15) is 5.75 Å². The average Bonchev–Trinajstić information content (AvgIpc) is 3.34. The summed E-state index contributed by atoms with van der Waals surface area (Å²) in [7, 11) is 0. The molecule has 0 saturated carbocycles. The van der Waals surface area contributed by atoms with Crippen molar-refractivity contribution in [1.29, 1.82) is 0 Å². The summed E-state index contributed by atoms with van der Waals surface area (Å²) in [6, 6.07) is 20.8. The lowest BCUT2D eigenvalue weighted by Crippen LogP contribution is -2.21. The maximum atomic E-state index is 12.5. The van der Waals surface area contributed by atoms with E-state index in [-0.39, 0.29) is 17.4 Å². The number of hydrogen-bond donors (Lipinski definition) is 2. The summed E-state index contributed by atoms with van der Waals surface area (Å²) in [4.78, 5) is 14.7. The van der Waals surface area contributed by atoms with Gasteiger partial charge in [-0.05, 0) is 57.2 Å². The molecule has 0 radical (unpaired) electrons. The number of aromatic hydroxyl groups is 1. The van der Waals surface area contributed by atoms with Gasteiger partial charge in [0.05, 0.1) is 12.0 Å². The smallest absolute Gasteiger partial charge is 0.250 e. The predicted molar refractivity (Wildman–Crippen MR) is 155 cm³/mol. The van der Waals surface area contributed by atoms with Crippen LogP contribution in [0.4, 0.5) is 5.69 Å². The molecule has 0 saturated heterocycles. The van der Waals surface area contributed by atoms with Gasteiger partial charge in [0.2, 0.25) is 0 Å². The Morgan fingerprint density at radius 2 is 1.79 bits per heavy atom. The molecular formula is C28H29ClN6O2S. The third-order valence-electron chi connectivity index (χ3n) is 5.90. The van der Waals surface area contributed by atoms with Gasteiger partial charge in [-0.15, -0.1) is 10.2 Å². The number of nitrogens with one attached hydrogen (secondary N) is 1.